The van der Waals surface area contributed by atoms with Gasteiger partial charge in [-0.15, -0.1) is 0 Å². The first-order chi connectivity index (χ1) is 7.09. The predicted octanol–water partition coefficient (Wildman–Crippen LogP) is 1.56. The van der Waals surface area contributed by atoms with E-state index in [-0.39, 0.29) is 11.6 Å². The molecular formula is C11H13N3O. The van der Waals surface area contributed by atoms with Gasteiger partial charge >= 0.3 is 0 Å². The van der Waals surface area contributed by atoms with Crippen molar-refractivity contribution < 1.29 is 0 Å². The van der Waals surface area contributed by atoms with E-state index in [0.29, 0.717) is 11.1 Å². The Kier molecular flexibility index (Phi) is 2.19. The zero-order valence-corrected chi connectivity index (χ0v) is 8.77. The minimum Gasteiger partial charge on any atom is -0.399 e. The van der Waals surface area contributed by atoms with E-state index in [0.717, 1.165) is 5.39 Å². The zero-order chi connectivity index (χ0) is 11.0. The molecule has 0 aliphatic heterocycles. The summed E-state index contributed by atoms with van der Waals surface area (Å²) in [5, 5.41) is 5.55. The van der Waals surface area contributed by atoms with Gasteiger partial charge in [0.2, 0.25) is 0 Å². The Morgan fingerprint density at radius 1 is 1.40 bits per heavy atom. The summed E-state index contributed by atoms with van der Waals surface area (Å²) in [6.45, 7) is 3.85. The van der Waals surface area contributed by atoms with Crippen molar-refractivity contribution in [1.82, 2.24) is 9.78 Å². The monoisotopic (exact) mass is 203 g/mol. The molecule has 0 saturated carbocycles. The van der Waals surface area contributed by atoms with E-state index in [2.05, 4.69) is 5.10 Å². The highest BCUT2D eigenvalue weighted by atomic mass is 16.1. The van der Waals surface area contributed by atoms with Crippen molar-refractivity contribution in [1.29, 1.82) is 0 Å². The molecule has 1 aromatic heterocycles. The van der Waals surface area contributed by atoms with E-state index in [1.165, 1.54) is 4.68 Å². The maximum Gasteiger partial charge on any atom is 0.274 e. The molecule has 4 nitrogen and oxygen atoms in total. The minimum absolute atomic E-state index is 0.0586. The number of rotatable bonds is 1. The summed E-state index contributed by atoms with van der Waals surface area (Å²) in [6, 6.07) is 5.33. The Morgan fingerprint density at radius 3 is 2.80 bits per heavy atom. The number of nitrogen functional groups attached to an aromatic ring is 1. The summed E-state index contributed by atoms with van der Waals surface area (Å²) in [5.41, 5.74) is 6.16. The summed E-state index contributed by atoms with van der Waals surface area (Å²) < 4.78 is 1.46. The maximum absolute atomic E-state index is 12.0. The van der Waals surface area contributed by atoms with Crippen LogP contribution in [0.2, 0.25) is 0 Å². The highest BCUT2D eigenvalue weighted by Crippen LogP contribution is 2.13. The molecule has 0 aliphatic rings. The molecule has 78 valence electrons. The van der Waals surface area contributed by atoms with Gasteiger partial charge in [-0.2, -0.15) is 5.10 Å². The van der Waals surface area contributed by atoms with Crippen molar-refractivity contribution in [3.05, 3.63) is 34.7 Å². The molecule has 15 heavy (non-hydrogen) atoms. The van der Waals surface area contributed by atoms with Gasteiger partial charge in [0, 0.05) is 11.1 Å². The van der Waals surface area contributed by atoms with Crippen LogP contribution in [0, 0.1) is 0 Å². The molecule has 0 unspecified atom stereocenters. The normalized spacial score (nSPS) is 11.1. The number of nitrogens with zero attached hydrogens (tertiary/aromatic N) is 2. The van der Waals surface area contributed by atoms with E-state index < -0.39 is 0 Å². The lowest BCUT2D eigenvalue weighted by Crippen LogP contribution is -2.24. The van der Waals surface area contributed by atoms with Crippen molar-refractivity contribution in [2.75, 3.05) is 5.73 Å². The van der Waals surface area contributed by atoms with Crippen LogP contribution in [0.4, 0.5) is 5.69 Å². The van der Waals surface area contributed by atoms with Crippen molar-refractivity contribution in [2.45, 2.75) is 19.9 Å². The molecule has 2 N–H and O–H groups in total. The maximum atomic E-state index is 12.0. The van der Waals surface area contributed by atoms with Crippen LogP contribution in [0.5, 0.6) is 0 Å². The minimum atomic E-state index is -0.0881. The molecule has 1 heterocycles. The van der Waals surface area contributed by atoms with Crippen molar-refractivity contribution in [3.8, 4) is 0 Å². The number of hydrogen-bond donors (Lipinski definition) is 1. The average molecular weight is 203 g/mol. The second-order valence-corrected chi connectivity index (χ2v) is 3.83. The smallest absolute Gasteiger partial charge is 0.274 e. The Labute approximate surface area is 87.3 Å². The molecule has 0 fully saturated rings. The summed E-state index contributed by atoms with van der Waals surface area (Å²) in [4.78, 5) is 12.0. The number of hydrogen-bond acceptors (Lipinski definition) is 3. The van der Waals surface area contributed by atoms with Crippen LogP contribution in [-0.4, -0.2) is 9.78 Å². The molecule has 2 aromatic rings. The van der Waals surface area contributed by atoms with Gasteiger partial charge in [0.15, 0.2) is 0 Å². The number of fused-ring (bicyclic) bond motifs is 1. The third-order valence-electron chi connectivity index (χ3n) is 2.33. The van der Waals surface area contributed by atoms with Crippen LogP contribution in [0.3, 0.4) is 0 Å². The van der Waals surface area contributed by atoms with Crippen molar-refractivity contribution in [3.63, 3.8) is 0 Å². The SMILES string of the molecule is CC(C)n1ncc2ccc(N)cc2c1=O. The Bertz CT molecular complexity index is 557. The fourth-order valence-electron chi connectivity index (χ4n) is 1.54. The summed E-state index contributed by atoms with van der Waals surface area (Å²) in [5.74, 6) is 0. The van der Waals surface area contributed by atoms with Crippen LogP contribution in [0.1, 0.15) is 19.9 Å². The lowest BCUT2D eigenvalue weighted by Gasteiger charge is -2.08. The standard InChI is InChI=1S/C11H13N3O/c1-7(2)14-11(15)10-5-9(12)4-3-8(10)6-13-14/h3-7H,12H2,1-2H3. The quantitative estimate of drug-likeness (QED) is 0.715. The molecule has 0 saturated heterocycles. The Morgan fingerprint density at radius 2 is 2.13 bits per heavy atom. The van der Waals surface area contributed by atoms with Crippen LogP contribution >= 0.6 is 0 Å². The van der Waals surface area contributed by atoms with Crippen LogP contribution in [-0.2, 0) is 0 Å². The molecule has 0 bridgehead atoms. The molecule has 2 rings (SSSR count). The first-order valence-electron chi connectivity index (χ1n) is 4.86. The van der Waals surface area contributed by atoms with Crippen LogP contribution in [0.25, 0.3) is 10.8 Å². The zero-order valence-electron chi connectivity index (χ0n) is 8.77. The summed E-state index contributed by atoms with van der Waals surface area (Å²) in [6.07, 6.45) is 1.69. The number of nitrogens with two attached hydrogens (primary N) is 1. The first kappa shape index (κ1) is 9.71. The number of benzene rings is 1. The van der Waals surface area contributed by atoms with E-state index in [1.54, 1.807) is 18.3 Å². The van der Waals surface area contributed by atoms with E-state index >= 15 is 0 Å². The van der Waals surface area contributed by atoms with Gasteiger partial charge in [-0.05, 0) is 26.0 Å². The molecule has 0 atom stereocenters. The number of aromatic nitrogens is 2. The van der Waals surface area contributed by atoms with Gasteiger partial charge in [-0.1, -0.05) is 6.07 Å². The van der Waals surface area contributed by atoms with Crippen molar-refractivity contribution in [2.24, 2.45) is 0 Å². The van der Waals surface area contributed by atoms with Crippen LogP contribution < -0.4 is 11.3 Å². The second kappa shape index (κ2) is 3.38. The molecule has 0 radical (unpaired) electrons. The molecule has 4 heteroatoms. The van der Waals surface area contributed by atoms with Gasteiger partial charge in [0.05, 0.1) is 17.6 Å². The Hall–Kier alpha value is -1.84. The van der Waals surface area contributed by atoms with E-state index in [4.69, 9.17) is 5.73 Å². The van der Waals surface area contributed by atoms with Gasteiger partial charge in [-0.25, -0.2) is 4.68 Å². The highest BCUT2D eigenvalue weighted by Gasteiger charge is 2.06. The van der Waals surface area contributed by atoms with Gasteiger partial charge < -0.3 is 5.73 Å². The van der Waals surface area contributed by atoms with Crippen molar-refractivity contribution >= 4 is 16.5 Å². The molecule has 0 amide bonds. The van der Waals surface area contributed by atoms with E-state index in [9.17, 15) is 4.79 Å². The molecule has 1 aromatic carbocycles. The summed E-state index contributed by atoms with van der Waals surface area (Å²) >= 11 is 0. The number of anilines is 1. The van der Waals surface area contributed by atoms with Crippen LogP contribution in [0.15, 0.2) is 29.2 Å². The second-order valence-electron chi connectivity index (χ2n) is 3.83. The molecule has 0 spiro atoms. The topological polar surface area (TPSA) is 60.9 Å². The van der Waals surface area contributed by atoms with Gasteiger partial charge in [0.1, 0.15) is 0 Å². The largest absolute Gasteiger partial charge is 0.399 e. The molecule has 0 aliphatic carbocycles. The van der Waals surface area contributed by atoms with Gasteiger partial charge in [-0.3, -0.25) is 4.79 Å². The molecular weight excluding hydrogens is 190 g/mol. The lowest BCUT2D eigenvalue weighted by molar-refractivity contribution is 0.507. The predicted molar refractivity (Wildman–Crippen MR) is 60.8 cm³/mol. The third-order valence-corrected chi connectivity index (χ3v) is 2.33. The van der Waals surface area contributed by atoms with Gasteiger partial charge in [0.25, 0.3) is 5.56 Å². The fraction of sp³-hybridized carbons (Fsp3) is 0.273. The Balaban J connectivity index is 2.83. The first-order valence-corrected chi connectivity index (χ1v) is 4.86. The third kappa shape index (κ3) is 1.58. The van der Waals surface area contributed by atoms with E-state index in [1.807, 2.05) is 19.9 Å². The fourth-order valence-corrected chi connectivity index (χ4v) is 1.54. The average Bonchev–Trinajstić information content (AvgIpc) is 2.19. The summed E-state index contributed by atoms with van der Waals surface area (Å²) in [7, 11) is 0. The lowest BCUT2D eigenvalue weighted by atomic mass is 10.2. The highest BCUT2D eigenvalue weighted by molar-refractivity contribution is 5.83.